The van der Waals surface area contributed by atoms with Gasteiger partial charge in [-0.15, -0.1) is 0 Å². The van der Waals surface area contributed by atoms with Gasteiger partial charge in [0.2, 0.25) is 0 Å². The van der Waals surface area contributed by atoms with Crippen molar-refractivity contribution in [1.29, 1.82) is 0 Å². The predicted molar refractivity (Wildman–Crippen MR) is 89.5 cm³/mol. The Balaban J connectivity index is 2.21. The van der Waals surface area contributed by atoms with Gasteiger partial charge in [0.05, 0.1) is 22.3 Å². The molecule has 1 aromatic heterocycles. The van der Waals surface area contributed by atoms with Crippen LogP contribution in [0.15, 0.2) is 18.2 Å². The zero-order chi connectivity index (χ0) is 15.4. The van der Waals surface area contributed by atoms with Gasteiger partial charge in [0.1, 0.15) is 0 Å². The van der Waals surface area contributed by atoms with Crippen LogP contribution in [-0.4, -0.2) is 22.9 Å². The molecule has 0 unspecified atom stereocenters. The lowest BCUT2D eigenvalue weighted by Crippen LogP contribution is -2.16. The molecule has 0 saturated heterocycles. The topological polar surface area (TPSA) is 29.9 Å². The number of nitrogens with zero attached hydrogens (tertiary/aromatic N) is 2. The van der Waals surface area contributed by atoms with Crippen molar-refractivity contribution in [3.8, 4) is 0 Å². The number of likely N-dealkylation sites (N-methyl/N-ethyl adjacent to an activating group) is 1. The monoisotopic (exact) mass is 325 g/mol. The molecule has 0 aliphatic rings. The van der Waals surface area contributed by atoms with Crippen LogP contribution in [0.3, 0.4) is 0 Å². The highest BCUT2D eigenvalue weighted by molar-refractivity contribution is 6.42. The van der Waals surface area contributed by atoms with Crippen molar-refractivity contribution in [3.63, 3.8) is 0 Å². The summed E-state index contributed by atoms with van der Waals surface area (Å²) in [5, 5.41) is 9.19. The smallest absolute Gasteiger partial charge is 0.0677 e. The molecule has 0 fully saturated rings. The van der Waals surface area contributed by atoms with E-state index in [9.17, 15) is 0 Å². The highest BCUT2D eigenvalue weighted by atomic mass is 35.5. The number of aryl methyl sites for hydroxylation is 1. The van der Waals surface area contributed by atoms with Gasteiger partial charge in [0.15, 0.2) is 0 Å². The Morgan fingerprint density at radius 3 is 2.71 bits per heavy atom. The lowest BCUT2D eigenvalue weighted by molar-refractivity contribution is 0.656. The van der Waals surface area contributed by atoms with Crippen molar-refractivity contribution in [2.75, 3.05) is 13.1 Å². The minimum atomic E-state index is 0.586. The van der Waals surface area contributed by atoms with Crippen LogP contribution >= 0.6 is 23.2 Å². The molecule has 5 heteroatoms. The maximum atomic E-state index is 6.26. The lowest BCUT2D eigenvalue weighted by atomic mass is 10.1. The zero-order valence-electron chi connectivity index (χ0n) is 12.7. The second-order valence-electron chi connectivity index (χ2n) is 5.12. The molecular formula is C16H21Cl2N3. The van der Waals surface area contributed by atoms with E-state index >= 15 is 0 Å². The van der Waals surface area contributed by atoms with Crippen molar-refractivity contribution in [2.24, 2.45) is 0 Å². The maximum Gasteiger partial charge on any atom is 0.0677 e. The van der Waals surface area contributed by atoms with Gasteiger partial charge in [-0.3, -0.25) is 4.68 Å². The fourth-order valence-electron chi connectivity index (χ4n) is 2.47. The van der Waals surface area contributed by atoms with Crippen LogP contribution in [0.4, 0.5) is 0 Å². The highest BCUT2D eigenvalue weighted by Gasteiger charge is 2.13. The van der Waals surface area contributed by atoms with E-state index in [0.29, 0.717) is 16.6 Å². The van der Waals surface area contributed by atoms with Crippen LogP contribution in [0.5, 0.6) is 0 Å². The summed E-state index contributed by atoms with van der Waals surface area (Å²) < 4.78 is 2.01. The standard InChI is InChI=1S/C16H21Cl2N3/c1-4-19-9-8-14-11(2)20-21(12(14)3)10-13-6-5-7-15(17)16(13)18/h5-7,19H,4,8-10H2,1-3H3. The summed E-state index contributed by atoms with van der Waals surface area (Å²) in [5.41, 5.74) is 4.59. The van der Waals surface area contributed by atoms with Crippen LogP contribution < -0.4 is 5.32 Å². The third-order valence-electron chi connectivity index (χ3n) is 3.68. The van der Waals surface area contributed by atoms with Gasteiger partial charge in [-0.05, 0) is 50.6 Å². The average Bonchev–Trinajstić information content (AvgIpc) is 2.71. The lowest BCUT2D eigenvalue weighted by Gasteiger charge is -2.08. The molecular weight excluding hydrogens is 305 g/mol. The first kappa shape index (κ1) is 16.3. The third-order valence-corrected chi connectivity index (χ3v) is 4.54. The zero-order valence-corrected chi connectivity index (χ0v) is 14.2. The normalized spacial score (nSPS) is 11.1. The van der Waals surface area contributed by atoms with Gasteiger partial charge in [-0.25, -0.2) is 0 Å². The summed E-state index contributed by atoms with van der Waals surface area (Å²) in [5.74, 6) is 0. The van der Waals surface area contributed by atoms with E-state index in [2.05, 4.69) is 31.2 Å². The first-order chi connectivity index (χ1) is 10.0. The first-order valence-corrected chi connectivity index (χ1v) is 7.96. The first-order valence-electron chi connectivity index (χ1n) is 7.21. The molecule has 0 aliphatic carbocycles. The Labute approximate surface area is 136 Å². The Morgan fingerprint density at radius 1 is 1.24 bits per heavy atom. The van der Waals surface area contributed by atoms with Crippen molar-refractivity contribution in [2.45, 2.75) is 33.7 Å². The van der Waals surface area contributed by atoms with Gasteiger partial charge in [0.25, 0.3) is 0 Å². The summed E-state index contributed by atoms with van der Waals surface area (Å²) in [6.07, 6.45) is 0.995. The molecule has 0 bridgehead atoms. The van der Waals surface area contributed by atoms with Gasteiger partial charge in [-0.1, -0.05) is 42.3 Å². The molecule has 1 aromatic carbocycles. The van der Waals surface area contributed by atoms with E-state index in [0.717, 1.165) is 30.8 Å². The third kappa shape index (κ3) is 3.79. The summed E-state index contributed by atoms with van der Waals surface area (Å²) in [6.45, 7) is 8.90. The molecule has 0 amide bonds. The van der Waals surface area contributed by atoms with Gasteiger partial charge in [0, 0.05) is 5.69 Å². The van der Waals surface area contributed by atoms with Crippen molar-refractivity contribution < 1.29 is 0 Å². The van der Waals surface area contributed by atoms with E-state index in [1.807, 2.05) is 16.8 Å². The Hall–Kier alpha value is -1.03. The Bertz CT molecular complexity index is 620. The Kier molecular flexibility index (Phi) is 5.68. The second kappa shape index (κ2) is 7.30. The molecule has 1 heterocycles. The predicted octanol–water partition coefficient (Wildman–Crippen LogP) is 4.01. The molecule has 0 radical (unpaired) electrons. The molecule has 2 aromatic rings. The number of hydrogen-bond donors (Lipinski definition) is 1. The van der Waals surface area contributed by atoms with Crippen LogP contribution in [0.1, 0.15) is 29.4 Å². The summed E-state index contributed by atoms with van der Waals surface area (Å²) >= 11 is 12.3. The minimum Gasteiger partial charge on any atom is -0.317 e. The minimum absolute atomic E-state index is 0.586. The molecule has 0 aliphatic heterocycles. The van der Waals surface area contributed by atoms with Gasteiger partial charge >= 0.3 is 0 Å². The number of aromatic nitrogens is 2. The SMILES string of the molecule is CCNCCc1c(C)nn(Cc2cccc(Cl)c2Cl)c1C. The second-order valence-corrected chi connectivity index (χ2v) is 5.91. The molecule has 0 spiro atoms. The molecule has 114 valence electrons. The van der Waals surface area contributed by atoms with Crippen molar-refractivity contribution in [1.82, 2.24) is 15.1 Å². The molecule has 21 heavy (non-hydrogen) atoms. The summed E-state index contributed by atoms with van der Waals surface area (Å²) in [6, 6.07) is 5.71. The number of halogens is 2. The molecule has 0 saturated carbocycles. The number of hydrogen-bond acceptors (Lipinski definition) is 2. The molecule has 0 atom stereocenters. The maximum absolute atomic E-state index is 6.26. The van der Waals surface area contributed by atoms with Crippen LogP contribution in [-0.2, 0) is 13.0 Å². The van der Waals surface area contributed by atoms with Crippen LogP contribution in [0.25, 0.3) is 0 Å². The fraction of sp³-hybridized carbons (Fsp3) is 0.438. The van der Waals surface area contributed by atoms with Crippen molar-refractivity contribution >= 4 is 23.2 Å². The molecule has 3 nitrogen and oxygen atoms in total. The summed E-state index contributed by atoms with van der Waals surface area (Å²) in [7, 11) is 0. The van der Waals surface area contributed by atoms with E-state index in [1.54, 1.807) is 6.07 Å². The van der Waals surface area contributed by atoms with Crippen LogP contribution in [0, 0.1) is 13.8 Å². The quantitative estimate of drug-likeness (QED) is 0.813. The Morgan fingerprint density at radius 2 is 2.00 bits per heavy atom. The van der Waals surface area contributed by atoms with Crippen LogP contribution in [0.2, 0.25) is 10.0 Å². The van der Waals surface area contributed by atoms with E-state index in [4.69, 9.17) is 23.2 Å². The number of benzene rings is 1. The average molecular weight is 326 g/mol. The highest BCUT2D eigenvalue weighted by Crippen LogP contribution is 2.26. The van der Waals surface area contributed by atoms with Gasteiger partial charge < -0.3 is 5.32 Å². The van der Waals surface area contributed by atoms with E-state index in [-0.39, 0.29) is 0 Å². The number of rotatable bonds is 6. The number of nitrogens with one attached hydrogen (secondary N) is 1. The van der Waals surface area contributed by atoms with Gasteiger partial charge in [-0.2, -0.15) is 5.10 Å². The molecule has 1 N–H and O–H groups in total. The van der Waals surface area contributed by atoms with E-state index in [1.165, 1.54) is 11.3 Å². The fourth-order valence-corrected chi connectivity index (χ4v) is 2.85. The van der Waals surface area contributed by atoms with Crippen molar-refractivity contribution in [3.05, 3.63) is 50.8 Å². The van der Waals surface area contributed by atoms with E-state index < -0.39 is 0 Å². The largest absolute Gasteiger partial charge is 0.317 e. The summed E-state index contributed by atoms with van der Waals surface area (Å²) in [4.78, 5) is 0. The molecule has 2 rings (SSSR count).